The molecule has 1 aromatic carbocycles. The molecule has 1 aliphatic heterocycles. The lowest BCUT2D eigenvalue weighted by molar-refractivity contribution is -0.132. The van der Waals surface area contributed by atoms with E-state index in [2.05, 4.69) is 10.3 Å². The van der Waals surface area contributed by atoms with Gasteiger partial charge in [-0.05, 0) is 17.7 Å². The number of benzene rings is 1. The van der Waals surface area contributed by atoms with Crippen molar-refractivity contribution in [3.05, 3.63) is 66.0 Å². The maximum Gasteiger partial charge on any atom is 0.240 e. The van der Waals surface area contributed by atoms with Crippen molar-refractivity contribution in [3.63, 3.8) is 0 Å². The molecule has 1 aliphatic rings. The fourth-order valence-electron chi connectivity index (χ4n) is 2.44. The summed E-state index contributed by atoms with van der Waals surface area (Å²) >= 11 is 1.53. The van der Waals surface area contributed by atoms with Crippen molar-refractivity contribution >= 4 is 23.6 Å². The van der Waals surface area contributed by atoms with E-state index in [0.29, 0.717) is 11.6 Å². The van der Waals surface area contributed by atoms with Crippen LogP contribution in [-0.4, -0.2) is 39.9 Å². The molecule has 0 saturated carbocycles. The third kappa shape index (κ3) is 3.90. The molecule has 0 aliphatic carbocycles. The number of carbonyl (C=O) groups is 2. The molecular weight excluding hydrogens is 310 g/mol. The molecule has 2 aromatic rings. The topological polar surface area (TPSA) is 62.3 Å². The fraction of sp³-hybridized carbons (Fsp3) is 0.235. The number of nitrogens with one attached hydrogen (secondary N) is 1. The summed E-state index contributed by atoms with van der Waals surface area (Å²) in [5.74, 6) is 0.862. The number of thioether (sulfide) groups is 1. The number of hydrogen-bond donors (Lipinski definition) is 1. The summed E-state index contributed by atoms with van der Waals surface area (Å²) in [6.07, 6.45) is 1.71. The number of pyridine rings is 1. The van der Waals surface area contributed by atoms with Gasteiger partial charge in [-0.1, -0.05) is 36.4 Å². The predicted octanol–water partition coefficient (Wildman–Crippen LogP) is 1.82. The minimum absolute atomic E-state index is 0.0132. The standard InChI is InChI=1S/C17H17N3O2S/c21-15(10-20-12-23-11-16(20)22)19-17(13-6-2-1-3-7-13)14-8-4-5-9-18-14/h1-9,17H,10-12H2,(H,19,21). The van der Waals surface area contributed by atoms with Crippen LogP contribution >= 0.6 is 11.8 Å². The van der Waals surface area contributed by atoms with Gasteiger partial charge in [0.1, 0.15) is 6.54 Å². The van der Waals surface area contributed by atoms with Crippen molar-refractivity contribution in [2.75, 3.05) is 18.2 Å². The Morgan fingerprint density at radius 1 is 1.22 bits per heavy atom. The van der Waals surface area contributed by atoms with Crippen molar-refractivity contribution in [3.8, 4) is 0 Å². The van der Waals surface area contributed by atoms with Crippen LogP contribution in [0.2, 0.25) is 0 Å². The Labute approximate surface area is 139 Å². The first kappa shape index (κ1) is 15.6. The largest absolute Gasteiger partial charge is 0.342 e. The number of carbonyl (C=O) groups excluding carboxylic acids is 2. The number of aromatic nitrogens is 1. The molecule has 2 heterocycles. The van der Waals surface area contributed by atoms with Crippen LogP contribution in [0.3, 0.4) is 0 Å². The minimum atomic E-state index is -0.324. The number of nitrogens with zero attached hydrogens (tertiary/aromatic N) is 2. The maximum atomic E-state index is 12.4. The van der Waals surface area contributed by atoms with Crippen LogP contribution < -0.4 is 5.32 Å². The zero-order valence-corrected chi connectivity index (χ0v) is 13.3. The summed E-state index contributed by atoms with van der Waals surface area (Å²) in [6, 6.07) is 15.0. The second-order valence-corrected chi connectivity index (χ2v) is 6.19. The van der Waals surface area contributed by atoms with Crippen molar-refractivity contribution in [2.45, 2.75) is 6.04 Å². The molecule has 23 heavy (non-hydrogen) atoms. The van der Waals surface area contributed by atoms with Gasteiger partial charge < -0.3 is 10.2 Å². The molecule has 1 N–H and O–H groups in total. The Hall–Kier alpha value is -2.34. The Morgan fingerprint density at radius 3 is 2.65 bits per heavy atom. The number of rotatable bonds is 5. The maximum absolute atomic E-state index is 12.4. The minimum Gasteiger partial charge on any atom is -0.342 e. The van der Waals surface area contributed by atoms with E-state index in [1.807, 2.05) is 48.5 Å². The normalized spacial score (nSPS) is 15.5. The molecule has 0 bridgehead atoms. The lowest BCUT2D eigenvalue weighted by Gasteiger charge is -2.21. The van der Waals surface area contributed by atoms with E-state index in [-0.39, 0.29) is 24.4 Å². The van der Waals surface area contributed by atoms with Gasteiger partial charge >= 0.3 is 0 Å². The molecular formula is C17H17N3O2S. The first-order chi connectivity index (χ1) is 11.2. The summed E-state index contributed by atoms with van der Waals surface area (Å²) < 4.78 is 0. The molecule has 1 atom stereocenters. The molecule has 6 heteroatoms. The quantitative estimate of drug-likeness (QED) is 0.910. The Bertz CT molecular complexity index is 639. The molecule has 2 amide bonds. The summed E-state index contributed by atoms with van der Waals surface area (Å²) in [6.45, 7) is 0.0853. The monoisotopic (exact) mass is 327 g/mol. The van der Waals surface area contributed by atoms with Gasteiger partial charge in [-0.2, -0.15) is 0 Å². The first-order valence-electron chi connectivity index (χ1n) is 7.35. The summed E-state index contributed by atoms with van der Waals surface area (Å²) in [4.78, 5) is 29.9. The molecule has 0 radical (unpaired) electrons. The van der Waals surface area contributed by atoms with E-state index in [9.17, 15) is 9.59 Å². The van der Waals surface area contributed by atoms with Crippen molar-refractivity contribution in [2.24, 2.45) is 0 Å². The lowest BCUT2D eigenvalue weighted by Crippen LogP contribution is -2.40. The highest BCUT2D eigenvalue weighted by Gasteiger charge is 2.25. The van der Waals surface area contributed by atoms with Gasteiger partial charge in [0, 0.05) is 6.20 Å². The van der Waals surface area contributed by atoms with E-state index in [1.165, 1.54) is 11.8 Å². The molecule has 1 saturated heterocycles. The van der Waals surface area contributed by atoms with Gasteiger partial charge in [0.05, 0.1) is 23.4 Å². The molecule has 5 nitrogen and oxygen atoms in total. The highest BCUT2D eigenvalue weighted by atomic mass is 32.2. The van der Waals surface area contributed by atoms with Crippen molar-refractivity contribution < 1.29 is 9.59 Å². The SMILES string of the molecule is O=C(CN1CSCC1=O)NC(c1ccccc1)c1ccccn1. The smallest absolute Gasteiger partial charge is 0.240 e. The first-order valence-corrected chi connectivity index (χ1v) is 8.50. The number of amides is 2. The van der Waals surface area contributed by atoms with Crippen LogP contribution in [0.1, 0.15) is 17.3 Å². The molecule has 1 unspecified atom stereocenters. The van der Waals surface area contributed by atoms with E-state index in [4.69, 9.17) is 0 Å². The van der Waals surface area contributed by atoms with Gasteiger partial charge in [-0.3, -0.25) is 14.6 Å². The van der Waals surface area contributed by atoms with Crippen LogP contribution in [0.15, 0.2) is 54.7 Å². The zero-order chi connectivity index (χ0) is 16.1. The van der Waals surface area contributed by atoms with Crippen LogP contribution in [0.4, 0.5) is 0 Å². The molecule has 118 valence electrons. The lowest BCUT2D eigenvalue weighted by atomic mass is 10.0. The second kappa shape index (κ2) is 7.28. The second-order valence-electron chi connectivity index (χ2n) is 5.24. The van der Waals surface area contributed by atoms with Gasteiger partial charge in [0.15, 0.2) is 0 Å². The van der Waals surface area contributed by atoms with Crippen molar-refractivity contribution in [1.82, 2.24) is 15.2 Å². The van der Waals surface area contributed by atoms with E-state index < -0.39 is 0 Å². The molecule has 1 aromatic heterocycles. The highest BCUT2D eigenvalue weighted by Crippen LogP contribution is 2.20. The average molecular weight is 327 g/mol. The van der Waals surface area contributed by atoms with Gasteiger partial charge in [-0.25, -0.2) is 0 Å². The van der Waals surface area contributed by atoms with Gasteiger partial charge in [-0.15, -0.1) is 11.8 Å². The van der Waals surface area contributed by atoms with E-state index in [0.717, 1.165) is 11.3 Å². The molecule has 0 spiro atoms. The third-order valence-corrected chi connectivity index (χ3v) is 4.53. The Morgan fingerprint density at radius 2 is 2.00 bits per heavy atom. The van der Waals surface area contributed by atoms with Gasteiger partial charge in [0.2, 0.25) is 11.8 Å². The summed E-state index contributed by atoms with van der Waals surface area (Å²) in [7, 11) is 0. The Kier molecular flexibility index (Phi) is 4.92. The highest BCUT2D eigenvalue weighted by molar-refractivity contribution is 8.00. The van der Waals surface area contributed by atoms with E-state index in [1.54, 1.807) is 11.1 Å². The third-order valence-electron chi connectivity index (χ3n) is 3.58. The fourth-order valence-corrected chi connectivity index (χ4v) is 3.34. The van der Waals surface area contributed by atoms with Crippen molar-refractivity contribution in [1.29, 1.82) is 0 Å². The summed E-state index contributed by atoms with van der Waals surface area (Å²) in [5.41, 5.74) is 1.73. The molecule has 3 rings (SSSR count). The van der Waals surface area contributed by atoms with Crippen LogP contribution in [0.5, 0.6) is 0 Å². The zero-order valence-electron chi connectivity index (χ0n) is 12.5. The predicted molar refractivity (Wildman–Crippen MR) is 89.7 cm³/mol. The van der Waals surface area contributed by atoms with Crippen LogP contribution in [-0.2, 0) is 9.59 Å². The number of hydrogen-bond acceptors (Lipinski definition) is 4. The summed E-state index contributed by atoms with van der Waals surface area (Å²) in [5, 5.41) is 2.99. The van der Waals surface area contributed by atoms with Crippen LogP contribution in [0, 0.1) is 0 Å². The van der Waals surface area contributed by atoms with E-state index >= 15 is 0 Å². The molecule has 1 fully saturated rings. The van der Waals surface area contributed by atoms with Crippen LogP contribution in [0.25, 0.3) is 0 Å². The average Bonchev–Trinajstić information content (AvgIpc) is 2.99. The Balaban J connectivity index is 1.76. The van der Waals surface area contributed by atoms with Gasteiger partial charge in [0.25, 0.3) is 0 Å².